The van der Waals surface area contributed by atoms with Crippen LogP contribution in [0.5, 0.6) is 0 Å². The maximum absolute atomic E-state index is 12.7. The zero-order chi connectivity index (χ0) is 18.6. The van der Waals surface area contributed by atoms with Crippen LogP contribution in [0.15, 0.2) is 47.4 Å². The van der Waals surface area contributed by atoms with Gasteiger partial charge in [-0.25, -0.2) is 18.0 Å². The number of rotatable bonds is 5. The molecule has 0 saturated carbocycles. The summed E-state index contributed by atoms with van der Waals surface area (Å²) in [5.74, 6) is -1.61. The quantitative estimate of drug-likeness (QED) is 0.797. The number of ether oxygens (including phenoxy) is 2. The standard InChI is InChI=1S/C16H14ClNO6S/c1-23-15(19)10-7-8-11(16(20)24-2)14(9-10)25(21,22)18-13-6-4-3-5-12(13)17/h3-9,18H,1-2H3. The van der Waals surface area contributed by atoms with E-state index in [4.69, 9.17) is 11.6 Å². The summed E-state index contributed by atoms with van der Waals surface area (Å²) in [5.41, 5.74) is -0.132. The minimum atomic E-state index is -4.23. The number of esters is 2. The van der Waals surface area contributed by atoms with Crippen LogP contribution in [0.25, 0.3) is 0 Å². The van der Waals surface area contributed by atoms with Crippen LogP contribution >= 0.6 is 11.6 Å². The third-order valence-electron chi connectivity index (χ3n) is 3.22. The Morgan fingerprint density at radius 2 is 1.64 bits per heavy atom. The number of hydrogen-bond donors (Lipinski definition) is 1. The van der Waals surface area contributed by atoms with Crippen LogP contribution in [0, 0.1) is 0 Å². The number of nitrogens with one attached hydrogen (secondary N) is 1. The number of carbonyl (C=O) groups excluding carboxylic acids is 2. The summed E-state index contributed by atoms with van der Waals surface area (Å²) in [4.78, 5) is 23.1. The number of carbonyl (C=O) groups is 2. The number of sulfonamides is 1. The van der Waals surface area contributed by atoms with E-state index < -0.39 is 26.9 Å². The first-order chi connectivity index (χ1) is 11.8. The normalized spacial score (nSPS) is 10.8. The number of methoxy groups -OCH3 is 2. The van der Waals surface area contributed by atoms with Gasteiger partial charge < -0.3 is 9.47 Å². The highest BCUT2D eigenvalue weighted by atomic mass is 35.5. The minimum absolute atomic E-state index is 0.0327. The molecule has 0 saturated heterocycles. The Labute approximate surface area is 149 Å². The van der Waals surface area contributed by atoms with E-state index in [2.05, 4.69) is 14.2 Å². The minimum Gasteiger partial charge on any atom is -0.465 e. The Morgan fingerprint density at radius 1 is 1.00 bits per heavy atom. The van der Waals surface area contributed by atoms with Crippen molar-refractivity contribution in [1.29, 1.82) is 0 Å². The molecule has 0 heterocycles. The van der Waals surface area contributed by atoms with E-state index in [-0.39, 0.29) is 21.8 Å². The zero-order valence-corrected chi connectivity index (χ0v) is 14.8. The number of halogens is 1. The molecule has 0 spiro atoms. The Kier molecular flexibility index (Phi) is 5.66. The molecule has 0 aromatic heterocycles. The van der Waals surface area contributed by atoms with Gasteiger partial charge in [0.25, 0.3) is 10.0 Å². The molecule has 25 heavy (non-hydrogen) atoms. The van der Waals surface area contributed by atoms with Crippen molar-refractivity contribution in [3.05, 3.63) is 58.6 Å². The molecule has 0 radical (unpaired) electrons. The Bertz CT molecular complexity index is 926. The first-order valence-electron chi connectivity index (χ1n) is 6.88. The van der Waals surface area contributed by atoms with Crippen molar-refractivity contribution in [2.45, 2.75) is 4.90 Å². The largest absolute Gasteiger partial charge is 0.465 e. The zero-order valence-electron chi connectivity index (χ0n) is 13.3. The molecule has 1 N–H and O–H groups in total. The molecule has 7 nitrogen and oxygen atoms in total. The van der Waals surface area contributed by atoms with Crippen LogP contribution in [0.4, 0.5) is 5.69 Å². The van der Waals surface area contributed by atoms with Crippen molar-refractivity contribution < 1.29 is 27.5 Å². The summed E-state index contributed by atoms with van der Waals surface area (Å²) in [6.07, 6.45) is 0. The highest BCUT2D eigenvalue weighted by Crippen LogP contribution is 2.26. The molecule has 0 bridgehead atoms. The fourth-order valence-electron chi connectivity index (χ4n) is 2.01. The van der Waals surface area contributed by atoms with Gasteiger partial charge in [-0.05, 0) is 30.3 Å². The molecule has 0 aliphatic carbocycles. The maximum Gasteiger partial charge on any atom is 0.339 e. The molecule has 2 aromatic rings. The van der Waals surface area contributed by atoms with Crippen molar-refractivity contribution in [3.8, 4) is 0 Å². The van der Waals surface area contributed by atoms with Crippen LogP contribution in [-0.4, -0.2) is 34.6 Å². The van der Waals surface area contributed by atoms with Gasteiger partial charge in [-0.3, -0.25) is 4.72 Å². The van der Waals surface area contributed by atoms with E-state index in [0.717, 1.165) is 20.3 Å². The van der Waals surface area contributed by atoms with Gasteiger partial charge in [0.2, 0.25) is 0 Å². The van der Waals surface area contributed by atoms with Gasteiger partial charge in [0.05, 0.1) is 36.1 Å². The SMILES string of the molecule is COC(=O)c1ccc(C(=O)OC)c(S(=O)(=O)Nc2ccccc2Cl)c1. The molecule has 2 aromatic carbocycles. The van der Waals surface area contributed by atoms with Crippen LogP contribution in [0.1, 0.15) is 20.7 Å². The second kappa shape index (κ2) is 7.54. The Morgan fingerprint density at radius 3 is 2.24 bits per heavy atom. The van der Waals surface area contributed by atoms with E-state index in [0.29, 0.717) is 0 Å². The fraction of sp³-hybridized carbons (Fsp3) is 0.125. The van der Waals surface area contributed by atoms with Crippen molar-refractivity contribution in [3.63, 3.8) is 0 Å². The number of benzene rings is 2. The number of anilines is 1. The first kappa shape index (κ1) is 18.8. The second-order valence-corrected chi connectivity index (χ2v) is 6.84. The first-order valence-corrected chi connectivity index (χ1v) is 8.74. The third kappa shape index (κ3) is 4.09. The Hall–Kier alpha value is -2.58. The summed E-state index contributed by atoms with van der Waals surface area (Å²) in [5, 5.41) is 0.176. The maximum atomic E-state index is 12.7. The van der Waals surface area contributed by atoms with Gasteiger partial charge in [-0.2, -0.15) is 0 Å². The summed E-state index contributed by atoms with van der Waals surface area (Å²) in [6.45, 7) is 0. The van der Waals surface area contributed by atoms with Crippen molar-refractivity contribution in [2.24, 2.45) is 0 Å². The lowest BCUT2D eigenvalue weighted by molar-refractivity contribution is 0.0583. The molecule has 0 aliphatic heterocycles. The highest BCUT2D eigenvalue weighted by Gasteiger charge is 2.25. The van der Waals surface area contributed by atoms with E-state index >= 15 is 0 Å². The molecule has 0 fully saturated rings. The smallest absolute Gasteiger partial charge is 0.339 e. The topological polar surface area (TPSA) is 98.8 Å². The molecular weight excluding hydrogens is 370 g/mol. The molecule has 0 aliphatic rings. The van der Waals surface area contributed by atoms with E-state index in [1.165, 1.54) is 24.3 Å². The predicted octanol–water partition coefficient (Wildman–Crippen LogP) is 2.71. The van der Waals surface area contributed by atoms with Crippen LogP contribution in [-0.2, 0) is 19.5 Å². The van der Waals surface area contributed by atoms with Crippen LogP contribution in [0.2, 0.25) is 5.02 Å². The lowest BCUT2D eigenvalue weighted by atomic mass is 10.1. The highest BCUT2D eigenvalue weighted by molar-refractivity contribution is 7.92. The van der Waals surface area contributed by atoms with E-state index in [1.807, 2.05) is 0 Å². The average molecular weight is 384 g/mol. The monoisotopic (exact) mass is 383 g/mol. The lowest BCUT2D eigenvalue weighted by Gasteiger charge is -2.13. The molecule has 0 atom stereocenters. The predicted molar refractivity (Wildman–Crippen MR) is 91.4 cm³/mol. The molecule has 0 amide bonds. The van der Waals surface area contributed by atoms with Crippen LogP contribution in [0.3, 0.4) is 0 Å². The number of para-hydroxylation sites is 1. The van der Waals surface area contributed by atoms with E-state index in [1.54, 1.807) is 12.1 Å². The van der Waals surface area contributed by atoms with Crippen LogP contribution < -0.4 is 4.72 Å². The average Bonchev–Trinajstić information content (AvgIpc) is 2.61. The van der Waals surface area contributed by atoms with Crippen molar-refractivity contribution in [2.75, 3.05) is 18.9 Å². The number of hydrogen-bond acceptors (Lipinski definition) is 6. The summed E-state index contributed by atoms with van der Waals surface area (Å²) in [6, 6.07) is 9.68. The van der Waals surface area contributed by atoms with E-state index in [9.17, 15) is 18.0 Å². The summed E-state index contributed by atoms with van der Waals surface area (Å²) in [7, 11) is -1.95. The van der Waals surface area contributed by atoms with Gasteiger partial charge in [0.15, 0.2) is 0 Å². The van der Waals surface area contributed by atoms with Gasteiger partial charge in [0, 0.05) is 0 Å². The van der Waals surface area contributed by atoms with Gasteiger partial charge in [-0.1, -0.05) is 23.7 Å². The fourth-order valence-corrected chi connectivity index (χ4v) is 3.55. The third-order valence-corrected chi connectivity index (χ3v) is 4.95. The molecule has 9 heteroatoms. The summed E-state index contributed by atoms with van der Waals surface area (Å²) >= 11 is 5.96. The molecule has 132 valence electrons. The van der Waals surface area contributed by atoms with Crippen molar-refractivity contribution in [1.82, 2.24) is 0 Å². The van der Waals surface area contributed by atoms with Gasteiger partial charge in [-0.15, -0.1) is 0 Å². The second-order valence-electron chi connectivity index (χ2n) is 4.78. The molecular formula is C16H14ClNO6S. The van der Waals surface area contributed by atoms with Crippen molar-refractivity contribution >= 4 is 39.3 Å². The molecule has 2 rings (SSSR count). The summed E-state index contributed by atoms with van der Waals surface area (Å²) < 4.78 is 36.9. The lowest BCUT2D eigenvalue weighted by Crippen LogP contribution is -2.19. The van der Waals surface area contributed by atoms with Gasteiger partial charge in [0.1, 0.15) is 4.90 Å². The van der Waals surface area contributed by atoms with Gasteiger partial charge >= 0.3 is 11.9 Å². The Balaban J connectivity index is 2.58. The molecule has 0 unspecified atom stereocenters.